The lowest BCUT2D eigenvalue weighted by Gasteiger charge is -2.28. The van der Waals surface area contributed by atoms with Gasteiger partial charge in [0.2, 0.25) is 5.91 Å². The summed E-state index contributed by atoms with van der Waals surface area (Å²) in [7, 11) is 2.12. The van der Waals surface area contributed by atoms with Gasteiger partial charge in [0.05, 0.1) is 31.9 Å². The Morgan fingerprint density at radius 1 is 0.829 bits per heavy atom. The minimum Gasteiger partial charge on any atom is -0.495 e. The van der Waals surface area contributed by atoms with E-state index in [4.69, 9.17) is 14.2 Å². The van der Waals surface area contributed by atoms with Crippen molar-refractivity contribution >= 4 is 21.6 Å². The summed E-state index contributed by atoms with van der Waals surface area (Å²) in [4.78, 5) is 14.8. The minimum absolute atomic E-state index is 0.0874. The highest BCUT2D eigenvalue weighted by Gasteiger charge is 2.30. The summed E-state index contributed by atoms with van der Waals surface area (Å²) < 4.78 is 44.4. The molecule has 0 fully saturated rings. The third-order valence-corrected chi connectivity index (χ3v) is 7.31. The van der Waals surface area contributed by atoms with Gasteiger partial charge in [-0.15, -0.1) is 0 Å². The fourth-order valence-electron chi connectivity index (χ4n) is 3.56. The number of carbonyl (C=O) groups excluding carboxylic acids is 1. The maximum atomic E-state index is 13.7. The predicted octanol–water partition coefficient (Wildman–Crippen LogP) is 3.87. The Morgan fingerprint density at radius 2 is 1.46 bits per heavy atom. The zero-order valence-corrected chi connectivity index (χ0v) is 21.3. The van der Waals surface area contributed by atoms with Gasteiger partial charge in [0.15, 0.2) is 11.5 Å². The standard InChI is InChI=1S/C26H30N2O6S/c1-19-10-13-21(14-11-19)35(30,31)28(22-8-6-7-9-23(22)32-3)18-26(29)27(2)17-20-12-15-24(33-4)25(16-20)34-5/h6-16H,17-18H2,1-5H3. The van der Waals surface area contributed by atoms with E-state index in [1.807, 2.05) is 13.0 Å². The van der Waals surface area contributed by atoms with Crippen LogP contribution in [0.1, 0.15) is 11.1 Å². The smallest absolute Gasteiger partial charge is 0.264 e. The van der Waals surface area contributed by atoms with Gasteiger partial charge in [0.1, 0.15) is 12.3 Å². The van der Waals surface area contributed by atoms with Crippen molar-refractivity contribution in [1.82, 2.24) is 4.90 Å². The Labute approximate surface area is 206 Å². The molecular formula is C26H30N2O6S. The molecule has 0 radical (unpaired) electrons. The van der Waals surface area contributed by atoms with Gasteiger partial charge < -0.3 is 19.1 Å². The van der Waals surface area contributed by atoms with Gasteiger partial charge in [-0.2, -0.15) is 0 Å². The van der Waals surface area contributed by atoms with Crippen LogP contribution in [-0.4, -0.2) is 54.1 Å². The summed E-state index contributed by atoms with van der Waals surface area (Å²) in [5.41, 5.74) is 2.02. The second kappa shape index (κ2) is 11.1. The van der Waals surface area contributed by atoms with E-state index in [0.29, 0.717) is 17.2 Å². The van der Waals surface area contributed by atoms with Gasteiger partial charge >= 0.3 is 0 Å². The molecule has 0 unspecified atom stereocenters. The number of likely N-dealkylation sites (N-methyl/N-ethyl adjacent to an activating group) is 1. The first-order valence-corrected chi connectivity index (χ1v) is 12.3. The summed E-state index contributed by atoms with van der Waals surface area (Å²) in [6, 6.07) is 18.6. The van der Waals surface area contributed by atoms with Gasteiger partial charge in [0.25, 0.3) is 10.0 Å². The van der Waals surface area contributed by atoms with Crippen molar-refractivity contribution < 1.29 is 27.4 Å². The van der Waals surface area contributed by atoms with Gasteiger partial charge in [0, 0.05) is 13.6 Å². The normalized spacial score (nSPS) is 11.0. The average Bonchev–Trinajstić information content (AvgIpc) is 2.87. The highest BCUT2D eigenvalue weighted by atomic mass is 32.2. The molecule has 0 spiro atoms. The number of rotatable bonds is 10. The number of methoxy groups -OCH3 is 3. The zero-order chi connectivity index (χ0) is 25.6. The quantitative estimate of drug-likeness (QED) is 0.422. The minimum atomic E-state index is -4.06. The molecular weight excluding hydrogens is 468 g/mol. The van der Waals surface area contributed by atoms with E-state index in [2.05, 4.69) is 0 Å². The fraction of sp³-hybridized carbons (Fsp3) is 0.269. The van der Waals surface area contributed by atoms with E-state index in [9.17, 15) is 13.2 Å². The summed E-state index contributed by atoms with van der Waals surface area (Å²) in [6.07, 6.45) is 0. The Bertz CT molecular complexity index is 1280. The van der Waals surface area contributed by atoms with E-state index >= 15 is 0 Å². The SMILES string of the molecule is COc1ccc(CN(C)C(=O)CN(c2ccccc2OC)S(=O)(=O)c2ccc(C)cc2)cc1OC. The maximum absolute atomic E-state index is 13.7. The van der Waals surface area contributed by atoms with Crippen LogP contribution in [0.2, 0.25) is 0 Å². The molecule has 3 aromatic carbocycles. The number of nitrogens with zero attached hydrogens (tertiary/aromatic N) is 2. The van der Waals surface area contributed by atoms with Crippen molar-refractivity contribution in [2.75, 3.05) is 39.2 Å². The summed E-state index contributed by atoms with van der Waals surface area (Å²) in [6.45, 7) is 1.73. The molecule has 8 nitrogen and oxygen atoms in total. The Balaban J connectivity index is 1.92. The van der Waals surface area contributed by atoms with Crippen molar-refractivity contribution in [3.8, 4) is 17.2 Å². The van der Waals surface area contributed by atoms with E-state index in [-0.39, 0.29) is 23.0 Å². The molecule has 186 valence electrons. The zero-order valence-electron chi connectivity index (χ0n) is 20.5. The second-order valence-corrected chi connectivity index (χ2v) is 9.80. The molecule has 0 N–H and O–H groups in total. The first-order chi connectivity index (χ1) is 16.7. The highest BCUT2D eigenvalue weighted by molar-refractivity contribution is 7.92. The first kappa shape index (κ1) is 25.9. The lowest BCUT2D eigenvalue weighted by molar-refractivity contribution is -0.128. The van der Waals surface area contributed by atoms with Crippen molar-refractivity contribution in [2.24, 2.45) is 0 Å². The first-order valence-electron chi connectivity index (χ1n) is 10.9. The van der Waals surface area contributed by atoms with Crippen LogP contribution in [0.4, 0.5) is 5.69 Å². The van der Waals surface area contributed by atoms with E-state index in [0.717, 1.165) is 15.4 Å². The van der Waals surface area contributed by atoms with Gasteiger partial charge in [-0.3, -0.25) is 9.10 Å². The molecule has 3 rings (SSSR count). The number of sulfonamides is 1. The molecule has 3 aromatic rings. The number of benzene rings is 3. The van der Waals surface area contributed by atoms with Crippen LogP contribution < -0.4 is 18.5 Å². The monoisotopic (exact) mass is 498 g/mol. The van der Waals surface area contributed by atoms with Crippen LogP contribution in [0.15, 0.2) is 71.6 Å². The molecule has 1 amide bonds. The molecule has 35 heavy (non-hydrogen) atoms. The topological polar surface area (TPSA) is 85.4 Å². The molecule has 0 saturated carbocycles. The number of hydrogen-bond acceptors (Lipinski definition) is 6. The third-order valence-electron chi connectivity index (χ3n) is 5.54. The molecule has 0 aliphatic rings. The third kappa shape index (κ3) is 5.86. The molecule has 0 saturated heterocycles. The second-order valence-electron chi connectivity index (χ2n) is 7.94. The molecule has 0 bridgehead atoms. The molecule has 0 aliphatic heterocycles. The predicted molar refractivity (Wildman–Crippen MR) is 135 cm³/mol. The number of hydrogen-bond donors (Lipinski definition) is 0. The fourth-order valence-corrected chi connectivity index (χ4v) is 4.98. The van der Waals surface area contributed by atoms with Crippen LogP contribution in [0.25, 0.3) is 0 Å². The summed E-state index contributed by atoms with van der Waals surface area (Å²) >= 11 is 0. The number of aryl methyl sites for hydroxylation is 1. The average molecular weight is 499 g/mol. The number of anilines is 1. The number of ether oxygens (including phenoxy) is 3. The molecule has 0 atom stereocenters. The molecule has 0 heterocycles. The molecule has 9 heteroatoms. The van der Waals surface area contributed by atoms with E-state index in [1.54, 1.807) is 62.7 Å². The Hall–Kier alpha value is -3.72. The van der Waals surface area contributed by atoms with Gasteiger partial charge in [-0.25, -0.2) is 8.42 Å². The lowest BCUT2D eigenvalue weighted by atomic mass is 10.2. The van der Waals surface area contributed by atoms with Crippen LogP contribution in [0.5, 0.6) is 17.2 Å². The largest absolute Gasteiger partial charge is 0.495 e. The number of carbonyl (C=O) groups is 1. The van der Waals surface area contributed by atoms with Crippen LogP contribution >= 0.6 is 0 Å². The van der Waals surface area contributed by atoms with Crippen molar-refractivity contribution in [2.45, 2.75) is 18.4 Å². The number of amides is 1. The van der Waals surface area contributed by atoms with Gasteiger partial charge in [-0.05, 0) is 48.9 Å². The van der Waals surface area contributed by atoms with Crippen molar-refractivity contribution in [1.29, 1.82) is 0 Å². The van der Waals surface area contributed by atoms with E-state index < -0.39 is 16.6 Å². The lowest BCUT2D eigenvalue weighted by Crippen LogP contribution is -2.41. The Morgan fingerprint density at radius 3 is 2.09 bits per heavy atom. The van der Waals surface area contributed by atoms with Crippen molar-refractivity contribution in [3.05, 3.63) is 77.9 Å². The van der Waals surface area contributed by atoms with E-state index in [1.165, 1.54) is 31.3 Å². The number of para-hydroxylation sites is 2. The summed E-state index contributed by atoms with van der Waals surface area (Å²) in [5, 5.41) is 0. The van der Waals surface area contributed by atoms with Crippen LogP contribution in [0.3, 0.4) is 0 Å². The highest BCUT2D eigenvalue weighted by Crippen LogP contribution is 2.32. The van der Waals surface area contributed by atoms with Gasteiger partial charge in [-0.1, -0.05) is 35.9 Å². The maximum Gasteiger partial charge on any atom is 0.264 e. The summed E-state index contributed by atoms with van der Waals surface area (Å²) in [5.74, 6) is 1.08. The molecule has 0 aliphatic carbocycles. The Kier molecular flexibility index (Phi) is 8.24. The van der Waals surface area contributed by atoms with Crippen LogP contribution in [0, 0.1) is 6.92 Å². The van der Waals surface area contributed by atoms with Crippen LogP contribution in [-0.2, 0) is 21.4 Å². The molecule has 0 aromatic heterocycles. The van der Waals surface area contributed by atoms with Crippen molar-refractivity contribution in [3.63, 3.8) is 0 Å².